The second-order valence-corrected chi connectivity index (χ2v) is 7.37. The van der Waals surface area contributed by atoms with E-state index in [1.807, 2.05) is 30.9 Å². The molecular weight excluding hydrogens is 354 g/mol. The lowest BCUT2D eigenvalue weighted by Gasteiger charge is -2.34. The third kappa shape index (κ3) is 4.52. The van der Waals surface area contributed by atoms with Crippen molar-refractivity contribution in [3.8, 4) is 11.5 Å². The van der Waals surface area contributed by atoms with Crippen molar-refractivity contribution < 1.29 is 9.47 Å². The largest absolute Gasteiger partial charge is 0.493 e. The summed E-state index contributed by atoms with van der Waals surface area (Å²) in [4.78, 5) is 6.02. The van der Waals surface area contributed by atoms with Gasteiger partial charge in [0.1, 0.15) is 29.3 Å². The van der Waals surface area contributed by atoms with Gasteiger partial charge in [0.2, 0.25) is 0 Å². The van der Waals surface area contributed by atoms with Crippen LogP contribution in [0.2, 0.25) is 0 Å². The summed E-state index contributed by atoms with van der Waals surface area (Å²) in [6.45, 7) is 7.58. The first kappa shape index (κ1) is 19.9. The molecule has 0 atom stereocenters. The van der Waals surface area contributed by atoms with Gasteiger partial charge in [0, 0.05) is 38.4 Å². The van der Waals surface area contributed by atoms with E-state index >= 15 is 0 Å². The van der Waals surface area contributed by atoms with Crippen molar-refractivity contribution >= 4 is 17.5 Å². The van der Waals surface area contributed by atoms with Gasteiger partial charge in [0.05, 0.1) is 12.4 Å². The Labute approximate surface area is 166 Å². The predicted octanol–water partition coefficient (Wildman–Crippen LogP) is 3.13. The average molecular weight is 383 g/mol. The van der Waals surface area contributed by atoms with Gasteiger partial charge in [0.15, 0.2) is 0 Å². The molecule has 3 rings (SSSR count). The Morgan fingerprint density at radius 1 is 1.18 bits per heavy atom. The summed E-state index contributed by atoms with van der Waals surface area (Å²) in [5.41, 5.74) is 8.23. The average Bonchev–Trinajstić information content (AvgIpc) is 3.14. The molecule has 0 bridgehead atoms. The summed E-state index contributed by atoms with van der Waals surface area (Å²) in [6, 6.07) is 6.09. The molecule has 0 aliphatic carbocycles. The van der Waals surface area contributed by atoms with Crippen molar-refractivity contribution in [3.63, 3.8) is 0 Å². The van der Waals surface area contributed by atoms with Gasteiger partial charge in [-0.2, -0.15) is 0 Å². The van der Waals surface area contributed by atoms with Gasteiger partial charge in [-0.25, -0.2) is 4.99 Å². The number of nitrogens with two attached hydrogens (primary N) is 1. The molecule has 1 fully saturated rings. The van der Waals surface area contributed by atoms with Crippen molar-refractivity contribution in [2.24, 2.45) is 10.7 Å². The monoisotopic (exact) mass is 383 g/mol. The number of nitrogens with zero attached hydrogens (tertiary/aromatic N) is 2. The molecular formula is C21H29N5O2. The van der Waals surface area contributed by atoms with Gasteiger partial charge in [-0.3, -0.25) is 10.8 Å². The maximum Gasteiger partial charge on any atom is 0.149 e. The molecule has 2 aliphatic heterocycles. The number of aliphatic imine (C=N–C) groups is 1. The molecule has 2 heterocycles. The van der Waals surface area contributed by atoms with Gasteiger partial charge >= 0.3 is 0 Å². The van der Waals surface area contributed by atoms with Gasteiger partial charge in [-0.1, -0.05) is 6.07 Å². The zero-order valence-electron chi connectivity index (χ0n) is 16.8. The van der Waals surface area contributed by atoms with E-state index in [0.29, 0.717) is 17.2 Å². The van der Waals surface area contributed by atoms with Crippen molar-refractivity contribution in [1.29, 1.82) is 10.8 Å². The number of nitrogens with one attached hydrogen (secondary N) is 2. The quantitative estimate of drug-likeness (QED) is 0.548. The zero-order valence-corrected chi connectivity index (χ0v) is 16.8. The third-order valence-electron chi connectivity index (χ3n) is 5.29. The van der Waals surface area contributed by atoms with Crippen LogP contribution in [0.3, 0.4) is 0 Å². The van der Waals surface area contributed by atoms with Crippen molar-refractivity contribution in [1.82, 2.24) is 4.90 Å². The van der Waals surface area contributed by atoms with Gasteiger partial charge in [-0.15, -0.1) is 0 Å². The van der Waals surface area contributed by atoms with Crippen LogP contribution in [-0.4, -0.2) is 48.2 Å². The summed E-state index contributed by atoms with van der Waals surface area (Å²) in [6.07, 6.45) is 2.81. The predicted molar refractivity (Wildman–Crippen MR) is 112 cm³/mol. The molecule has 4 N–H and O–H groups in total. The molecule has 1 aromatic rings. The van der Waals surface area contributed by atoms with E-state index in [9.17, 15) is 0 Å². The first-order chi connectivity index (χ1) is 13.3. The number of rotatable bonds is 4. The highest BCUT2D eigenvalue weighted by molar-refractivity contribution is 6.09. The molecule has 150 valence electrons. The number of likely N-dealkylation sites (tertiary alicyclic amines) is 1. The maximum absolute atomic E-state index is 8.50. The number of hydrogen-bond donors (Lipinski definition) is 3. The SMILES string of the molecule is CC(N)=NC(=N)/C(C)=C(/C)C(=N)N1CCC(Oc2ccc3c(c2)OCC3)CC1. The minimum absolute atomic E-state index is 0.110. The van der Waals surface area contributed by atoms with Gasteiger partial charge < -0.3 is 20.1 Å². The van der Waals surface area contributed by atoms with E-state index in [4.69, 9.17) is 26.0 Å². The Morgan fingerprint density at radius 2 is 1.89 bits per heavy atom. The van der Waals surface area contributed by atoms with E-state index in [1.165, 1.54) is 5.56 Å². The Bertz CT molecular complexity index is 831. The highest BCUT2D eigenvalue weighted by Gasteiger charge is 2.24. The minimum atomic E-state index is 0.110. The summed E-state index contributed by atoms with van der Waals surface area (Å²) in [5, 5.41) is 16.5. The van der Waals surface area contributed by atoms with Crippen LogP contribution in [0.4, 0.5) is 0 Å². The summed E-state index contributed by atoms with van der Waals surface area (Å²) in [5.74, 6) is 2.68. The third-order valence-corrected chi connectivity index (χ3v) is 5.29. The second kappa shape index (κ2) is 8.46. The molecule has 7 heteroatoms. The smallest absolute Gasteiger partial charge is 0.149 e. The molecule has 1 saturated heterocycles. The van der Waals surface area contributed by atoms with Crippen LogP contribution >= 0.6 is 0 Å². The lowest BCUT2D eigenvalue weighted by molar-refractivity contribution is 0.130. The van der Waals surface area contributed by atoms with Crippen molar-refractivity contribution in [2.45, 2.75) is 46.1 Å². The zero-order chi connectivity index (χ0) is 20.3. The van der Waals surface area contributed by atoms with Crippen LogP contribution in [-0.2, 0) is 6.42 Å². The van der Waals surface area contributed by atoms with E-state index in [2.05, 4.69) is 11.1 Å². The molecule has 0 unspecified atom stereocenters. The van der Waals surface area contributed by atoms with Crippen LogP contribution in [0, 0.1) is 10.8 Å². The molecule has 28 heavy (non-hydrogen) atoms. The normalized spacial score (nSPS) is 18.2. The van der Waals surface area contributed by atoms with Gasteiger partial charge in [0.25, 0.3) is 0 Å². The number of fused-ring (bicyclic) bond motifs is 1. The highest BCUT2D eigenvalue weighted by Crippen LogP contribution is 2.31. The molecule has 2 aliphatic rings. The van der Waals surface area contributed by atoms with Crippen LogP contribution in [0.5, 0.6) is 11.5 Å². The maximum atomic E-state index is 8.50. The van der Waals surface area contributed by atoms with Crippen LogP contribution in [0.1, 0.15) is 39.2 Å². The number of ether oxygens (including phenoxy) is 2. The Morgan fingerprint density at radius 3 is 2.57 bits per heavy atom. The Hall–Kier alpha value is -2.83. The summed E-state index contributed by atoms with van der Waals surface area (Å²) >= 11 is 0. The first-order valence-corrected chi connectivity index (χ1v) is 9.68. The fraction of sp³-hybridized carbons (Fsp3) is 0.476. The van der Waals surface area contributed by atoms with E-state index in [0.717, 1.165) is 56.0 Å². The molecule has 0 aromatic heterocycles. The minimum Gasteiger partial charge on any atom is -0.493 e. The fourth-order valence-corrected chi connectivity index (χ4v) is 3.46. The molecule has 7 nitrogen and oxygen atoms in total. The second-order valence-electron chi connectivity index (χ2n) is 7.37. The summed E-state index contributed by atoms with van der Waals surface area (Å²) in [7, 11) is 0. The van der Waals surface area contributed by atoms with Crippen molar-refractivity contribution in [3.05, 3.63) is 34.9 Å². The van der Waals surface area contributed by atoms with Crippen LogP contribution < -0.4 is 15.2 Å². The Kier molecular flexibility index (Phi) is 6.02. The summed E-state index contributed by atoms with van der Waals surface area (Å²) < 4.78 is 11.8. The Balaban J connectivity index is 1.56. The molecule has 0 radical (unpaired) electrons. The number of hydrogen-bond acceptors (Lipinski definition) is 4. The standard InChI is InChI=1S/C21H29N5O2/c1-13(20(23)25-15(3)22)14(2)21(24)26-9-6-17(7-10-26)28-18-5-4-16-8-11-27-19(16)12-18/h4-5,12,17,24H,6-11H2,1-3H3,(H3,22,23,25)/b14-13-,24-21?. The van der Waals surface area contributed by atoms with Gasteiger partial charge in [-0.05, 0) is 43.5 Å². The highest BCUT2D eigenvalue weighted by atomic mass is 16.5. The van der Waals surface area contributed by atoms with E-state index < -0.39 is 0 Å². The first-order valence-electron chi connectivity index (χ1n) is 9.68. The lowest BCUT2D eigenvalue weighted by atomic mass is 10.0. The molecule has 0 amide bonds. The van der Waals surface area contributed by atoms with Crippen LogP contribution in [0.25, 0.3) is 0 Å². The van der Waals surface area contributed by atoms with E-state index in [-0.39, 0.29) is 11.9 Å². The topological polar surface area (TPSA) is 108 Å². The molecule has 0 spiro atoms. The number of benzene rings is 1. The van der Waals surface area contributed by atoms with E-state index in [1.54, 1.807) is 6.92 Å². The van der Waals surface area contributed by atoms with Crippen LogP contribution in [0.15, 0.2) is 34.3 Å². The number of amidine groups is 3. The number of piperidine rings is 1. The fourth-order valence-electron chi connectivity index (χ4n) is 3.46. The van der Waals surface area contributed by atoms with Crippen molar-refractivity contribution in [2.75, 3.05) is 19.7 Å². The molecule has 1 aromatic carbocycles. The lowest BCUT2D eigenvalue weighted by Crippen LogP contribution is -2.42. The molecule has 0 saturated carbocycles.